The van der Waals surface area contributed by atoms with Crippen molar-refractivity contribution in [1.29, 1.82) is 0 Å². The van der Waals surface area contributed by atoms with E-state index in [1.165, 1.54) is 12.1 Å². The number of aliphatic hydroxyl groups excluding tert-OH is 1. The average Bonchev–Trinajstić information content (AvgIpc) is 2.42. The van der Waals surface area contributed by atoms with Crippen molar-refractivity contribution in [3.63, 3.8) is 0 Å². The van der Waals surface area contributed by atoms with Gasteiger partial charge >= 0.3 is 0 Å². The van der Waals surface area contributed by atoms with Gasteiger partial charge in [0.15, 0.2) is 0 Å². The lowest BCUT2D eigenvalue weighted by molar-refractivity contribution is 0.275. The highest BCUT2D eigenvalue weighted by Gasteiger charge is 2.18. The number of hydrogen-bond donors (Lipinski definition) is 2. The monoisotopic (exact) mass is 313 g/mol. The zero-order valence-electron chi connectivity index (χ0n) is 11.1. The molecule has 0 aliphatic heterocycles. The molecule has 2 aromatic rings. The summed E-state index contributed by atoms with van der Waals surface area (Å²) in [7, 11) is -4.07. The Morgan fingerprint density at radius 2 is 1.81 bits per heavy atom. The number of benzene rings is 2. The molecule has 112 valence electrons. The lowest BCUT2D eigenvalue weighted by Crippen LogP contribution is -2.14. The van der Waals surface area contributed by atoms with Gasteiger partial charge in [0, 0.05) is 5.56 Å². The summed E-state index contributed by atoms with van der Waals surface area (Å²) in [5.74, 6) is -1.42. The Morgan fingerprint density at radius 1 is 1.10 bits per heavy atom. The average molecular weight is 313 g/mol. The van der Waals surface area contributed by atoms with Gasteiger partial charge in [-0.25, -0.2) is 17.2 Å². The molecule has 2 rings (SSSR count). The van der Waals surface area contributed by atoms with Crippen molar-refractivity contribution < 1.29 is 22.3 Å². The van der Waals surface area contributed by atoms with Gasteiger partial charge < -0.3 is 5.11 Å². The van der Waals surface area contributed by atoms with Gasteiger partial charge in [0.25, 0.3) is 10.0 Å². The molecule has 0 aliphatic rings. The molecule has 0 saturated carbocycles. The lowest BCUT2D eigenvalue weighted by Gasteiger charge is -2.10. The van der Waals surface area contributed by atoms with E-state index in [9.17, 15) is 17.2 Å². The van der Waals surface area contributed by atoms with Crippen molar-refractivity contribution in [2.24, 2.45) is 0 Å². The minimum Gasteiger partial charge on any atom is -0.392 e. The van der Waals surface area contributed by atoms with Crippen LogP contribution in [0.15, 0.2) is 41.3 Å². The van der Waals surface area contributed by atoms with E-state index in [1.807, 2.05) is 0 Å². The van der Waals surface area contributed by atoms with E-state index >= 15 is 0 Å². The number of anilines is 1. The molecule has 0 radical (unpaired) electrons. The van der Waals surface area contributed by atoms with Crippen LogP contribution in [-0.2, 0) is 16.6 Å². The highest BCUT2D eigenvalue weighted by Crippen LogP contribution is 2.21. The van der Waals surface area contributed by atoms with E-state index in [2.05, 4.69) is 4.72 Å². The van der Waals surface area contributed by atoms with Gasteiger partial charge in [0.2, 0.25) is 0 Å². The van der Waals surface area contributed by atoms with Gasteiger partial charge in [-0.2, -0.15) is 0 Å². The summed E-state index contributed by atoms with van der Waals surface area (Å²) >= 11 is 0. The third-order valence-corrected chi connectivity index (χ3v) is 4.23. The number of hydrogen-bond acceptors (Lipinski definition) is 3. The first kappa shape index (κ1) is 15.4. The predicted molar refractivity (Wildman–Crippen MR) is 74.3 cm³/mol. The summed E-state index contributed by atoms with van der Waals surface area (Å²) in [6.45, 7) is 1.04. The Kier molecular flexibility index (Phi) is 4.24. The van der Waals surface area contributed by atoms with Crippen LogP contribution in [0.2, 0.25) is 0 Å². The van der Waals surface area contributed by atoms with Gasteiger partial charge in [-0.05, 0) is 42.8 Å². The molecule has 0 aliphatic carbocycles. The minimum atomic E-state index is -4.07. The van der Waals surface area contributed by atoms with E-state index in [1.54, 1.807) is 13.0 Å². The van der Waals surface area contributed by atoms with Crippen LogP contribution in [0.1, 0.15) is 11.1 Å². The summed E-state index contributed by atoms with van der Waals surface area (Å²) < 4.78 is 53.3. The van der Waals surface area contributed by atoms with Crippen LogP contribution >= 0.6 is 0 Å². The molecule has 0 heterocycles. The van der Waals surface area contributed by atoms with Crippen LogP contribution in [0, 0.1) is 18.6 Å². The van der Waals surface area contributed by atoms with Gasteiger partial charge in [0.1, 0.15) is 11.6 Å². The van der Waals surface area contributed by atoms with Gasteiger partial charge in [0.05, 0.1) is 17.2 Å². The fourth-order valence-electron chi connectivity index (χ4n) is 1.75. The van der Waals surface area contributed by atoms with Gasteiger partial charge in [-0.15, -0.1) is 0 Å². The Bertz CT molecular complexity index is 776. The molecule has 4 nitrogen and oxygen atoms in total. The molecule has 2 aromatic carbocycles. The highest BCUT2D eigenvalue weighted by atomic mass is 32.2. The molecule has 0 unspecified atom stereocenters. The molecule has 0 spiro atoms. The van der Waals surface area contributed by atoms with Crippen LogP contribution in [0.5, 0.6) is 0 Å². The first-order chi connectivity index (χ1) is 9.83. The number of aliphatic hydroxyl groups is 1. The van der Waals surface area contributed by atoms with Crippen molar-refractivity contribution in [3.8, 4) is 0 Å². The number of nitrogens with one attached hydrogen (secondary N) is 1. The van der Waals surface area contributed by atoms with Crippen molar-refractivity contribution in [3.05, 3.63) is 59.2 Å². The SMILES string of the molecule is Cc1ccc(NS(=O)(=O)c2ccc(F)c(CO)c2)c(F)c1. The number of halogens is 2. The quantitative estimate of drug-likeness (QED) is 0.911. The second kappa shape index (κ2) is 5.79. The number of sulfonamides is 1. The van der Waals surface area contributed by atoms with Crippen molar-refractivity contribution >= 4 is 15.7 Å². The normalized spacial score (nSPS) is 11.4. The molecule has 0 saturated heterocycles. The lowest BCUT2D eigenvalue weighted by atomic mass is 10.2. The summed E-state index contributed by atoms with van der Waals surface area (Å²) in [5.41, 5.74) is 0.303. The molecule has 0 bridgehead atoms. The molecule has 21 heavy (non-hydrogen) atoms. The zero-order valence-corrected chi connectivity index (χ0v) is 11.9. The van der Waals surface area contributed by atoms with E-state index in [0.29, 0.717) is 5.56 Å². The molecular formula is C14H13F2NO3S. The van der Waals surface area contributed by atoms with E-state index in [0.717, 1.165) is 18.2 Å². The van der Waals surface area contributed by atoms with Crippen LogP contribution in [-0.4, -0.2) is 13.5 Å². The summed E-state index contributed by atoms with van der Waals surface area (Å²) in [6.07, 6.45) is 0. The first-order valence-corrected chi connectivity index (χ1v) is 7.50. The Hall–Kier alpha value is -1.99. The maximum Gasteiger partial charge on any atom is 0.262 e. The fourth-order valence-corrected chi connectivity index (χ4v) is 2.86. The molecule has 2 N–H and O–H groups in total. The van der Waals surface area contributed by atoms with E-state index in [4.69, 9.17) is 5.11 Å². The van der Waals surface area contributed by atoms with Crippen LogP contribution in [0.3, 0.4) is 0 Å². The second-order valence-electron chi connectivity index (χ2n) is 4.50. The van der Waals surface area contributed by atoms with Crippen LogP contribution < -0.4 is 4.72 Å². The first-order valence-electron chi connectivity index (χ1n) is 6.02. The number of rotatable bonds is 4. The summed E-state index contributed by atoms with van der Waals surface area (Å²) in [4.78, 5) is -0.257. The maximum atomic E-state index is 13.7. The topological polar surface area (TPSA) is 66.4 Å². The minimum absolute atomic E-state index is 0.151. The Labute approximate surface area is 121 Å². The summed E-state index contributed by atoms with van der Waals surface area (Å²) in [6, 6.07) is 7.05. The molecule has 0 aromatic heterocycles. The largest absolute Gasteiger partial charge is 0.392 e. The Balaban J connectivity index is 2.38. The zero-order chi connectivity index (χ0) is 15.6. The van der Waals surface area contributed by atoms with Gasteiger partial charge in [-0.1, -0.05) is 6.07 Å². The van der Waals surface area contributed by atoms with Crippen molar-refractivity contribution in [2.45, 2.75) is 18.4 Å². The van der Waals surface area contributed by atoms with Crippen LogP contribution in [0.4, 0.5) is 14.5 Å². The third-order valence-electron chi connectivity index (χ3n) is 2.87. The number of aryl methyl sites for hydroxylation is 1. The highest BCUT2D eigenvalue weighted by molar-refractivity contribution is 7.92. The molecular weight excluding hydrogens is 300 g/mol. The van der Waals surface area contributed by atoms with Crippen molar-refractivity contribution in [2.75, 3.05) is 4.72 Å². The molecule has 0 amide bonds. The van der Waals surface area contributed by atoms with E-state index < -0.39 is 28.3 Å². The third kappa shape index (κ3) is 3.37. The van der Waals surface area contributed by atoms with E-state index in [-0.39, 0.29) is 16.1 Å². The smallest absolute Gasteiger partial charge is 0.262 e. The molecule has 7 heteroatoms. The maximum absolute atomic E-state index is 13.7. The van der Waals surface area contributed by atoms with Crippen LogP contribution in [0.25, 0.3) is 0 Å². The second-order valence-corrected chi connectivity index (χ2v) is 6.18. The molecule has 0 atom stereocenters. The Morgan fingerprint density at radius 3 is 2.43 bits per heavy atom. The summed E-state index contributed by atoms with van der Waals surface area (Å²) in [5, 5.41) is 8.96. The predicted octanol–water partition coefficient (Wildman–Crippen LogP) is 2.57. The fraction of sp³-hybridized carbons (Fsp3) is 0.143. The van der Waals surface area contributed by atoms with Crippen molar-refractivity contribution in [1.82, 2.24) is 0 Å². The van der Waals surface area contributed by atoms with Gasteiger partial charge in [-0.3, -0.25) is 4.72 Å². The standard InChI is InChI=1S/C14H13F2NO3S/c1-9-2-5-14(13(16)6-9)17-21(19,20)11-3-4-12(15)10(7-11)8-18/h2-7,17-18H,8H2,1H3. The molecule has 0 fully saturated rings.